The molecule has 2 aromatic rings. The maximum absolute atomic E-state index is 11.6. The summed E-state index contributed by atoms with van der Waals surface area (Å²) < 4.78 is 14.8. The van der Waals surface area contributed by atoms with Crippen LogP contribution in [0.3, 0.4) is 0 Å². The third-order valence-corrected chi connectivity index (χ3v) is 3.63. The lowest BCUT2D eigenvalue weighted by atomic mass is 10.3. The fraction of sp³-hybridized carbons (Fsp3) is 0.364. The minimum absolute atomic E-state index is 0.268. The number of nitrogens with zero attached hydrogens (tertiary/aromatic N) is 2. The molecule has 0 bridgehead atoms. The van der Waals surface area contributed by atoms with Gasteiger partial charge >= 0.3 is 5.97 Å². The maximum atomic E-state index is 11.6. The van der Waals surface area contributed by atoms with E-state index in [9.17, 15) is 4.79 Å². The standard InChI is InChI=1S/C11H14N4O4S/c1-17-8-7(12)9(11(16)18-2)20-10(8)13-4-3-6-14-5-15-19-6/h5,13H,3-4,12H2,1-2H3. The summed E-state index contributed by atoms with van der Waals surface area (Å²) in [7, 11) is 2.79. The first-order valence-corrected chi connectivity index (χ1v) is 6.53. The lowest BCUT2D eigenvalue weighted by molar-refractivity contribution is 0.0607. The molecule has 2 heterocycles. The summed E-state index contributed by atoms with van der Waals surface area (Å²) in [4.78, 5) is 15.8. The fourth-order valence-corrected chi connectivity index (χ4v) is 2.61. The Kier molecular flexibility index (Phi) is 4.41. The molecule has 0 amide bonds. The second kappa shape index (κ2) is 6.24. The second-order valence-corrected chi connectivity index (χ2v) is 4.73. The molecule has 108 valence electrons. The quantitative estimate of drug-likeness (QED) is 0.764. The Bertz CT molecular complexity index is 582. The highest BCUT2D eigenvalue weighted by Crippen LogP contribution is 2.42. The molecule has 0 saturated carbocycles. The van der Waals surface area contributed by atoms with Gasteiger partial charge in [-0.15, -0.1) is 11.3 Å². The van der Waals surface area contributed by atoms with E-state index in [2.05, 4.69) is 20.2 Å². The van der Waals surface area contributed by atoms with Crippen molar-refractivity contribution in [3.8, 4) is 5.75 Å². The SMILES string of the molecule is COC(=O)c1sc(NCCc2ncno2)c(OC)c1N. The van der Waals surface area contributed by atoms with Gasteiger partial charge in [0.1, 0.15) is 15.6 Å². The van der Waals surface area contributed by atoms with E-state index in [1.807, 2.05) is 0 Å². The number of methoxy groups -OCH3 is 2. The number of nitrogens with one attached hydrogen (secondary N) is 1. The van der Waals surface area contributed by atoms with Crippen LogP contribution in [0.2, 0.25) is 0 Å². The van der Waals surface area contributed by atoms with Crippen molar-refractivity contribution in [2.45, 2.75) is 6.42 Å². The maximum Gasteiger partial charge on any atom is 0.350 e. The normalized spacial score (nSPS) is 10.3. The van der Waals surface area contributed by atoms with Gasteiger partial charge in [-0.25, -0.2) is 4.79 Å². The highest BCUT2D eigenvalue weighted by Gasteiger charge is 2.22. The van der Waals surface area contributed by atoms with Crippen LogP contribution < -0.4 is 15.8 Å². The molecule has 9 heteroatoms. The van der Waals surface area contributed by atoms with Gasteiger partial charge in [0.05, 0.1) is 14.2 Å². The number of ether oxygens (including phenoxy) is 2. The van der Waals surface area contributed by atoms with Crippen LogP contribution >= 0.6 is 11.3 Å². The van der Waals surface area contributed by atoms with Crippen LogP contribution in [0, 0.1) is 0 Å². The average molecular weight is 298 g/mol. The lowest BCUT2D eigenvalue weighted by Gasteiger charge is -2.05. The van der Waals surface area contributed by atoms with Crippen molar-refractivity contribution in [1.29, 1.82) is 0 Å². The van der Waals surface area contributed by atoms with Crippen LogP contribution in [-0.2, 0) is 11.2 Å². The molecule has 20 heavy (non-hydrogen) atoms. The highest BCUT2D eigenvalue weighted by molar-refractivity contribution is 7.19. The Morgan fingerprint density at radius 3 is 2.95 bits per heavy atom. The summed E-state index contributed by atoms with van der Waals surface area (Å²) in [5, 5.41) is 7.29. The molecule has 2 aromatic heterocycles. The predicted octanol–water partition coefficient (Wildman–Crippen LogP) is 1.16. The van der Waals surface area contributed by atoms with Gasteiger partial charge in [0.15, 0.2) is 12.1 Å². The summed E-state index contributed by atoms with van der Waals surface area (Å²) in [6, 6.07) is 0. The number of carbonyl (C=O) groups excluding carboxylic acids is 1. The number of aromatic nitrogens is 2. The predicted molar refractivity (Wildman–Crippen MR) is 73.1 cm³/mol. The summed E-state index contributed by atoms with van der Waals surface area (Å²) in [5.74, 6) is 0.464. The number of thiophene rings is 1. The van der Waals surface area contributed by atoms with E-state index in [1.54, 1.807) is 0 Å². The second-order valence-electron chi connectivity index (χ2n) is 3.71. The van der Waals surface area contributed by atoms with Gasteiger partial charge in [-0.05, 0) is 0 Å². The van der Waals surface area contributed by atoms with Crippen LogP contribution in [0.15, 0.2) is 10.9 Å². The van der Waals surface area contributed by atoms with Crippen LogP contribution in [-0.4, -0.2) is 36.9 Å². The van der Waals surface area contributed by atoms with Crippen molar-refractivity contribution >= 4 is 28.0 Å². The van der Waals surface area contributed by atoms with E-state index in [0.717, 1.165) is 0 Å². The monoisotopic (exact) mass is 298 g/mol. The molecule has 0 atom stereocenters. The Labute approximate surface area is 118 Å². The molecular weight excluding hydrogens is 284 g/mol. The number of carbonyl (C=O) groups is 1. The summed E-state index contributed by atoms with van der Waals surface area (Å²) in [6.45, 7) is 0.541. The number of hydrogen-bond donors (Lipinski definition) is 2. The Morgan fingerprint density at radius 2 is 2.35 bits per heavy atom. The van der Waals surface area contributed by atoms with Gasteiger partial charge in [-0.2, -0.15) is 4.98 Å². The van der Waals surface area contributed by atoms with Crippen molar-refractivity contribution in [2.75, 3.05) is 31.8 Å². The van der Waals surface area contributed by atoms with Gasteiger partial charge < -0.3 is 25.0 Å². The molecule has 2 rings (SSSR count). The third-order valence-electron chi connectivity index (χ3n) is 2.51. The summed E-state index contributed by atoms with van der Waals surface area (Å²) in [6.07, 6.45) is 1.89. The molecule has 0 aliphatic rings. The fourth-order valence-electron chi connectivity index (χ4n) is 1.58. The van der Waals surface area contributed by atoms with Gasteiger partial charge in [-0.3, -0.25) is 0 Å². The van der Waals surface area contributed by atoms with Crippen molar-refractivity contribution in [3.05, 3.63) is 17.1 Å². The molecule has 0 unspecified atom stereocenters. The van der Waals surface area contributed by atoms with Crippen LogP contribution in [0.4, 0.5) is 10.7 Å². The van der Waals surface area contributed by atoms with E-state index < -0.39 is 5.97 Å². The number of hydrogen-bond acceptors (Lipinski definition) is 9. The van der Waals surface area contributed by atoms with Gasteiger partial charge in [0.25, 0.3) is 0 Å². The zero-order valence-corrected chi connectivity index (χ0v) is 11.8. The molecule has 0 saturated heterocycles. The van der Waals surface area contributed by atoms with E-state index >= 15 is 0 Å². The smallest absolute Gasteiger partial charge is 0.350 e. The Balaban J connectivity index is 2.08. The summed E-state index contributed by atoms with van der Waals surface area (Å²) >= 11 is 1.18. The van der Waals surface area contributed by atoms with E-state index in [1.165, 1.54) is 31.9 Å². The number of rotatable bonds is 6. The highest BCUT2D eigenvalue weighted by atomic mass is 32.1. The van der Waals surface area contributed by atoms with Crippen molar-refractivity contribution in [3.63, 3.8) is 0 Å². The number of nitrogens with two attached hydrogens (primary N) is 1. The molecule has 8 nitrogen and oxygen atoms in total. The molecule has 0 spiro atoms. The van der Waals surface area contributed by atoms with Crippen molar-refractivity contribution in [1.82, 2.24) is 10.1 Å². The number of esters is 1. The third kappa shape index (κ3) is 2.82. The topological polar surface area (TPSA) is 112 Å². The first kappa shape index (κ1) is 14.1. The molecule has 0 radical (unpaired) electrons. The first-order chi connectivity index (χ1) is 9.67. The molecule has 0 fully saturated rings. The largest absolute Gasteiger partial charge is 0.492 e. The minimum atomic E-state index is -0.490. The van der Waals surface area contributed by atoms with Crippen LogP contribution in [0.1, 0.15) is 15.6 Å². The Hall–Kier alpha value is -2.29. The molecule has 3 N–H and O–H groups in total. The van der Waals surface area contributed by atoms with Crippen molar-refractivity contribution in [2.24, 2.45) is 0 Å². The number of nitrogen functional groups attached to an aromatic ring is 1. The summed E-state index contributed by atoms with van der Waals surface area (Å²) in [5.41, 5.74) is 6.13. The van der Waals surface area contributed by atoms with E-state index in [4.69, 9.17) is 15.0 Å². The molecule has 0 aliphatic heterocycles. The van der Waals surface area contributed by atoms with E-state index in [-0.39, 0.29) is 5.69 Å². The molecule has 0 aliphatic carbocycles. The minimum Gasteiger partial charge on any atom is -0.492 e. The van der Waals surface area contributed by atoms with Gasteiger partial charge in [-0.1, -0.05) is 5.16 Å². The number of anilines is 2. The lowest BCUT2D eigenvalue weighted by Crippen LogP contribution is -2.05. The first-order valence-electron chi connectivity index (χ1n) is 5.71. The Morgan fingerprint density at radius 1 is 1.55 bits per heavy atom. The molecular formula is C11H14N4O4S. The van der Waals surface area contributed by atoms with E-state index in [0.29, 0.717) is 34.5 Å². The van der Waals surface area contributed by atoms with Crippen molar-refractivity contribution < 1.29 is 18.8 Å². The average Bonchev–Trinajstić information content (AvgIpc) is 3.06. The van der Waals surface area contributed by atoms with Crippen LogP contribution in [0.25, 0.3) is 0 Å². The zero-order chi connectivity index (χ0) is 14.5. The van der Waals surface area contributed by atoms with Gasteiger partial charge in [0.2, 0.25) is 5.89 Å². The molecule has 0 aromatic carbocycles. The van der Waals surface area contributed by atoms with Crippen LogP contribution in [0.5, 0.6) is 5.75 Å². The van der Waals surface area contributed by atoms with Gasteiger partial charge in [0, 0.05) is 13.0 Å². The zero-order valence-electron chi connectivity index (χ0n) is 11.0.